The number of hydrogen-bond acceptors (Lipinski definition) is 2. The second kappa shape index (κ2) is 11.6. The summed E-state index contributed by atoms with van der Waals surface area (Å²) < 4.78 is 7.01. The lowest BCUT2D eigenvalue weighted by atomic mass is 9.41. The number of nitrogens with zero attached hydrogens (tertiary/aromatic N) is 1. The van der Waals surface area contributed by atoms with Crippen molar-refractivity contribution in [2.45, 2.75) is 88.9 Å². The summed E-state index contributed by atoms with van der Waals surface area (Å²) in [5, 5.41) is 2.57. The summed E-state index contributed by atoms with van der Waals surface area (Å²) in [5.74, 6) is 5.10. The summed E-state index contributed by atoms with van der Waals surface area (Å²) in [5.41, 5.74) is 12.3. The zero-order chi connectivity index (χ0) is 36.4. The maximum absolute atomic E-state index is 7.01. The molecular weight excluding hydrogens is 655 g/mol. The van der Waals surface area contributed by atoms with Crippen molar-refractivity contribution < 1.29 is 4.74 Å². The third-order valence-electron chi connectivity index (χ3n) is 15.0. The normalized spacial score (nSPS) is 26.5. The number of fused-ring (bicyclic) bond motifs is 4. The van der Waals surface area contributed by atoms with Crippen molar-refractivity contribution >= 4 is 27.8 Å². The zero-order valence-electron chi connectivity index (χ0n) is 32.2. The van der Waals surface area contributed by atoms with E-state index in [1.807, 2.05) is 0 Å². The van der Waals surface area contributed by atoms with E-state index >= 15 is 0 Å². The average molecular weight is 706 g/mol. The van der Waals surface area contributed by atoms with Crippen LogP contribution < -0.4 is 9.64 Å². The molecule has 2 nitrogen and oxygen atoms in total. The summed E-state index contributed by atoms with van der Waals surface area (Å²) in [6.45, 7) is 9.77. The van der Waals surface area contributed by atoms with Crippen molar-refractivity contribution in [3.8, 4) is 22.6 Å². The molecule has 0 amide bonds. The summed E-state index contributed by atoms with van der Waals surface area (Å²) in [4.78, 5) is 2.60. The van der Waals surface area contributed by atoms with Crippen molar-refractivity contribution in [3.63, 3.8) is 0 Å². The fourth-order valence-corrected chi connectivity index (χ4v) is 12.5. The van der Waals surface area contributed by atoms with Crippen LogP contribution in [0.2, 0.25) is 0 Å². The van der Waals surface area contributed by atoms with Gasteiger partial charge in [0.1, 0.15) is 11.5 Å². The highest BCUT2D eigenvalue weighted by atomic mass is 16.5. The first-order chi connectivity index (χ1) is 26.2. The van der Waals surface area contributed by atoms with E-state index in [1.54, 1.807) is 0 Å². The molecule has 5 aliphatic carbocycles. The lowest BCUT2D eigenvalue weighted by Gasteiger charge is -2.63. The number of hydrogen-bond donors (Lipinski definition) is 0. The lowest BCUT2D eigenvalue weighted by Crippen LogP contribution is -2.57. The van der Waals surface area contributed by atoms with Crippen molar-refractivity contribution in [1.82, 2.24) is 0 Å². The fraction of sp³-hybridized carbons (Fsp3) is 0.346. The Balaban J connectivity index is 1.15. The van der Waals surface area contributed by atoms with Gasteiger partial charge in [-0.15, -0.1) is 0 Å². The smallest absolute Gasteiger partial charge is 0.133 e. The molecule has 0 saturated heterocycles. The van der Waals surface area contributed by atoms with Gasteiger partial charge >= 0.3 is 0 Å². The van der Waals surface area contributed by atoms with E-state index in [0.29, 0.717) is 11.8 Å². The summed E-state index contributed by atoms with van der Waals surface area (Å²) in [6.07, 6.45) is 9.16. The third kappa shape index (κ3) is 4.64. The van der Waals surface area contributed by atoms with Gasteiger partial charge in [-0.1, -0.05) is 113 Å². The zero-order valence-corrected chi connectivity index (χ0v) is 32.2. The van der Waals surface area contributed by atoms with Crippen LogP contribution >= 0.6 is 0 Å². The molecule has 54 heavy (non-hydrogen) atoms. The molecule has 6 aromatic rings. The van der Waals surface area contributed by atoms with Crippen LogP contribution in [0.1, 0.15) is 94.9 Å². The molecule has 4 bridgehead atoms. The molecule has 1 spiro atoms. The van der Waals surface area contributed by atoms with Crippen LogP contribution in [0, 0.1) is 23.7 Å². The minimum absolute atomic E-state index is 0.0647. The molecule has 1 heterocycles. The molecule has 6 aliphatic rings. The van der Waals surface area contributed by atoms with Gasteiger partial charge < -0.3 is 9.64 Å². The summed E-state index contributed by atoms with van der Waals surface area (Å²) in [6, 6.07) is 48.3. The highest BCUT2D eigenvalue weighted by Crippen LogP contribution is 2.70. The molecule has 0 unspecified atom stereocenters. The Morgan fingerprint density at radius 2 is 1.17 bits per heavy atom. The molecule has 0 atom stereocenters. The monoisotopic (exact) mass is 705 g/mol. The van der Waals surface area contributed by atoms with Gasteiger partial charge in [0.2, 0.25) is 0 Å². The molecular formula is C52H51NO. The van der Waals surface area contributed by atoms with Gasteiger partial charge in [-0.25, -0.2) is 0 Å². The molecule has 12 rings (SSSR count). The molecule has 4 fully saturated rings. The van der Waals surface area contributed by atoms with Gasteiger partial charge in [0, 0.05) is 27.9 Å². The number of benzene rings is 6. The van der Waals surface area contributed by atoms with Crippen molar-refractivity contribution in [2.24, 2.45) is 23.7 Å². The first-order valence-electron chi connectivity index (χ1n) is 20.6. The van der Waals surface area contributed by atoms with Gasteiger partial charge in [0.25, 0.3) is 0 Å². The van der Waals surface area contributed by atoms with Crippen LogP contribution in [0.3, 0.4) is 0 Å². The number of ether oxygens (including phenoxy) is 1. The first-order valence-corrected chi connectivity index (χ1v) is 20.6. The van der Waals surface area contributed by atoms with Crippen molar-refractivity contribution in [3.05, 3.63) is 150 Å². The van der Waals surface area contributed by atoms with Gasteiger partial charge in [-0.2, -0.15) is 0 Å². The Morgan fingerprint density at radius 1 is 0.537 bits per heavy atom. The van der Waals surface area contributed by atoms with Crippen LogP contribution in [-0.2, 0) is 16.2 Å². The SMILES string of the molecule is CC1(C)CCC(C)(C)c2cc(N(c3ccc(-c4cccc5ccccc45)cc3)c3cccc4c3C3(c5ccccc5O4)C4CC5CC(C4)CC3C5)ccc21. The highest BCUT2D eigenvalue weighted by Gasteiger charge is 2.62. The van der Waals surface area contributed by atoms with Gasteiger partial charge in [-0.05, 0) is 155 Å². The molecule has 1 aliphatic heterocycles. The maximum atomic E-state index is 7.01. The predicted octanol–water partition coefficient (Wildman–Crippen LogP) is 14.2. The van der Waals surface area contributed by atoms with E-state index in [1.165, 1.54) is 106 Å². The Morgan fingerprint density at radius 3 is 1.94 bits per heavy atom. The van der Waals surface area contributed by atoms with Crippen LogP contribution in [0.5, 0.6) is 11.5 Å². The predicted molar refractivity (Wildman–Crippen MR) is 224 cm³/mol. The fourth-order valence-electron chi connectivity index (χ4n) is 12.5. The third-order valence-corrected chi connectivity index (χ3v) is 15.0. The van der Waals surface area contributed by atoms with E-state index in [2.05, 4.69) is 160 Å². The quantitative estimate of drug-likeness (QED) is 0.181. The van der Waals surface area contributed by atoms with Gasteiger partial charge in [0.05, 0.1) is 5.69 Å². The Hall–Kier alpha value is -4.82. The molecule has 270 valence electrons. The largest absolute Gasteiger partial charge is 0.457 e. The van der Waals surface area contributed by atoms with E-state index in [9.17, 15) is 0 Å². The first kappa shape index (κ1) is 32.6. The Labute approximate surface area is 321 Å². The van der Waals surface area contributed by atoms with E-state index in [-0.39, 0.29) is 16.2 Å². The number of rotatable bonds is 4. The van der Waals surface area contributed by atoms with E-state index in [0.717, 1.165) is 23.3 Å². The molecule has 0 aromatic heterocycles. The minimum atomic E-state index is -0.0647. The maximum Gasteiger partial charge on any atom is 0.133 e. The lowest BCUT2D eigenvalue weighted by molar-refractivity contribution is -0.0449. The molecule has 4 saturated carbocycles. The second-order valence-corrected chi connectivity index (χ2v) is 18.8. The molecule has 6 aromatic carbocycles. The van der Waals surface area contributed by atoms with Crippen LogP contribution in [0.4, 0.5) is 17.1 Å². The Bertz CT molecular complexity index is 2420. The molecule has 0 radical (unpaired) electrons. The van der Waals surface area contributed by atoms with E-state index < -0.39 is 0 Å². The van der Waals surface area contributed by atoms with Gasteiger partial charge in [-0.3, -0.25) is 0 Å². The van der Waals surface area contributed by atoms with Crippen molar-refractivity contribution in [1.29, 1.82) is 0 Å². The Kier molecular flexibility index (Phi) is 7.00. The van der Waals surface area contributed by atoms with Crippen LogP contribution in [0.15, 0.2) is 127 Å². The standard InChI is InChI=1S/C52H51NO/c1-50(2)25-26-51(3,4)45-32-40(23-24-43(45)50)53(39-21-19-36(20-22-39)42-14-9-12-35-11-5-6-13-41(35)42)46-16-10-18-48-49(46)52(44-15-7-8-17-47(44)54-48)37-28-33-27-34(30-37)31-38(52)29-33/h5-24,32-34,37-38H,25-31H2,1-4H3. The summed E-state index contributed by atoms with van der Waals surface area (Å²) >= 11 is 0. The molecule has 0 N–H and O–H groups in total. The number of anilines is 3. The van der Waals surface area contributed by atoms with Crippen molar-refractivity contribution in [2.75, 3.05) is 4.90 Å². The minimum Gasteiger partial charge on any atom is -0.457 e. The topological polar surface area (TPSA) is 12.5 Å². The van der Waals surface area contributed by atoms with Crippen LogP contribution in [0.25, 0.3) is 21.9 Å². The second-order valence-electron chi connectivity index (χ2n) is 18.8. The van der Waals surface area contributed by atoms with E-state index in [4.69, 9.17) is 4.74 Å². The van der Waals surface area contributed by atoms with Gasteiger partial charge in [0.15, 0.2) is 0 Å². The van der Waals surface area contributed by atoms with Crippen LogP contribution in [-0.4, -0.2) is 0 Å². The summed E-state index contributed by atoms with van der Waals surface area (Å²) in [7, 11) is 0. The number of para-hydroxylation sites is 1. The molecule has 2 heteroatoms. The highest BCUT2D eigenvalue weighted by molar-refractivity contribution is 5.97. The average Bonchev–Trinajstić information content (AvgIpc) is 3.18.